The summed E-state index contributed by atoms with van der Waals surface area (Å²) in [7, 11) is -2.15. The molecule has 0 radical (unpaired) electrons. The van der Waals surface area contributed by atoms with Gasteiger partial charge in [0.2, 0.25) is 10.0 Å². The maximum Gasteiger partial charge on any atom is 0.416 e. The zero-order valence-corrected chi connectivity index (χ0v) is 17.8. The van der Waals surface area contributed by atoms with Crippen LogP contribution in [-0.4, -0.2) is 60.7 Å². The molecule has 1 aromatic heterocycles. The van der Waals surface area contributed by atoms with Crippen LogP contribution in [0.3, 0.4) is 0 Å². The van der Waals surface area contributed by atoms with Gasteiger partial charge in [-0.3, -0.25) is 9.69 Å². The van der Waals surface area contributed by atoms with Gasteiger partial charge in [0.25, 0.3) is 0 Å². The molecule has 164 valence electrons. The highest BCUT2D eigenvalue weighted by atomic mass is 32.2. The number of aromatic nitrogens is 1. The van der Waals surface area contributed by atoms with Gasteiger partial charge in [0.1, 0.15) is 0 Å². The average Bonchev–Trinajstić information content (AvgIpc) is 2.95. The van der Waals surface area contributed by atoms with Crippen LogP contribution in [0.25, 0.3) is 0 Å². The molecule has 3 rings (SSSR count). The number of benzene rings is 1. The highest BCUT2D eigenvalue weighted by molar-refractivity contribution is 7.89. The van der Waals surface area contributed by atoms with Crippen molar-refractivity contribution in [2.45, 2.75) is 24.9 Å². The van der Waals surface area contributed by atoms with E-state index in [1.807, 2.05) is 36.4 Å². The molecule has 1 fully saturated rings. The molecule has 0 amide bonds. The number of piperazine rings is 1. The lowest BCUT2D eigenvalue weighted by atomic mass is 10.1. The number of hydrogen-bond acceptors (Lipinski definition) is 4. The molecule has 0 N–H and O–H groups in total. The third-order valence-corrected chi connectivity index (χ3v) is 7.47. The van der Waals surface area contributed by atoms with Gasteiger partial charge in [-0.2, -0.15) is 17.5 Å². The Bertz CT molecular complexity index is 1050. The lowest BCUT2D eigenvalue weighted by molar-refractivity contribution is -0.137. The van der Waals surface area contributed by atoms with E-state index in [1.165, 1.54) is 10.4 Å². The molecule has 1 aromatic carbocycles. The quantitative estimate of drug-likeness (QED) is 0.667. The summed E-state index contributed by atoms with van der Waals surface area (Å²) < 4.78 is 67.4. The summed E-state index contributed by atoms with van der Waals surface area (Å²) in [5.41, 5.74) is 1.51. The molecular weight excluding hydrogens is 419 g/mol. The molecule has 1 saturated heterocycles. The number of nitrogens with zero attached hydrogens (tertiary/aromatic N) is 3. The van der Waals surface area contributed by atoms with Crippen molar-refractivity contribution in [3.05, 3.63) is 52.8 Å². The van der Waals surface area contributed by atoms with Crippen LogP contribution in [0.1, 0.15) is 27.3 Å². The first kappa shape index (κ1) is 22.5. The predicted octanol–water partition coefficient (Wildman–Crippen LogP) is 2.85. The van der Waals surface area contributed by atoms with Crippen LogP contribution in [0, 0.1) is 13.8 Å². The van der Waals surface area contributed by atoms with E-state index in [0.29, 0.717) is 24.7 Å². The minimum atomic E-state index is -4.61. The van der Waals surface area contributed by atoms with Gasteiger partial charge in [-0.15, -0.1) is 0 Å². The second-order valence-corrected chi connectivity index (χ2v) is 9.41. The fraction of sp³-hybridized carbons (Fsp3) is 0.450. The van der Waals surface area contributed by atoms with Gasteiger partial charge in [0.05, 0.1) is 17.0 Å². The van der Waals surface area contributed by atoms with Crippen LogP contribution < -0.4 is 0 Å². The van der Waals surface area contributed by atoms with Crippen LogP contribution in [0.5, 0.6) is 0 Å². The normalized spacial score (nSPS) is 16.7. The Balaban J connectivity index is 1.66. The average molecular weight is 443 g/mol. The Kier molecular flexibility index (Phi) is 6.13. The molecule has 0 aliphatic carbocycles. The molecule has 0 atom stereocenters. The number of alkyl halides is 3. The second-order valence-electron chi connectivity index (χ2n) is 7.47. The SMILES string of the molecule is Cc1cc(C(=O)CN2CCN(S(=O)(=O)c3cccc(C(F)(F)F)c3)CC2)c(C)n1C. The van der Waals surface area contributed by atoms with Crippen molar-refractivity contribution in [1.29, 1.82) is 0 Å². The number of aryl methyl sites for hydroxylation is 1. The molecular formula is C20H24F3N3O3S. The van der Waals surface area contributed by atoms with E-state index in [2.05, 4.69) is 0 Å². The van der Waals surface area contributed by atoms with E-state index < -0.39 is 21.8 Å². The molecule has 0 bridgehead atoms. The topological polar surface area (TPSA) is 62.6 Å². The van der Waals surface area contributed by atoms with Crippen LogP contribution >= 0.6 is 0 Å². The molecule has 0 unspecified atom stereocenters. The predicted molar refractivity (Wildman–Crippen MR) is 106 cm³/mol. The summed E-state index contributed by atoms with van der Waals surface area (Å²) in [6.45, 7) is 4.84. The minimum Gasteiger partial charge on any atom is -0.351 e. The summed E-state index contributed by atoms with van der Waals surface area (Å²) in [6, 6.07) is 5.60. The van der Waals surface area contributed by atoms with Crippen molar-refractivity contribution in [2.24, 2.45) is 7.05 Å². The smallest absolute Gasteiger partial charge is 0.351 e. The van der Waals surface area contributed by atoms with Crippen LogP contribution in [-0.2, 0) is 23.2 Å². The number of halogens is 3. The number of carbonyl (C=O) groups is 1. The molecule has 0 spiro atoms. The van der Waals surface area contributed by atoms with Crippen molar-refractivity contribution in [3.8, 4) is 0 Å². The van der Waals surface area contributed by atoms with Gasteiger partial charge in [0.15, 0.2) is 5.78 Å². The van der Waals surface area contributed by atoms with Crippen molar-refractivity contribution < 1.29 is 26.4 Å². The van der Waals surface area contributed by atoms with Crippen molar-refractivity contribution >= 4 is 15.8 Å². The Hall–Kier alpha value is -2.17. The van der Waals surface area contributed by atoms with Crippen LogP contribution in [0.2, 0.25) is 0 Å². The fourth-order valence-electron chi connectivity index (χ4n) is 3.54. The maximum absolute atomic E-state index is 12.9. The zero-order valence-electron chi connectivity index (χ0n) is 17.0. The molecule has 10 heteroatoms. The molecule has 1 aliphatic heterocycles. The Morgan fingerprint density at radius 2 is 1.70 bits per heavy atom. The first-order valence-corrected chi connectivity index (χ1v) is 10.9. The van der Waals surface area contributed by atoms with Gasteiger partial charge in [0, 0.05) is 50.2 Å². The number of rotatable bonds is 5. The standard InChI is InChI=1S/C20H24F3N3O3S/c1-14-11-18(15(2)24(14)3)19(27)13-25-7-9-26(10-8-25)30(28,29)17-6-4-5-16(12-17)20(21,22)23/h4-6,11-12H,7-10,13H2,1-3H3. The van der Waals surface area contributed by atoms with Gasteiger partial charge in [-0.05, 0) is 38.1 Å². The Labute approximate surface area is 173 Å². The largest absolute Gasteiger partial charge is 0.416 e. The Morgan fingerprint density at radius 1 is 1.07 bits per heavy atom. The van der Waals surface area contributed by atoms with Crippen molar-refractivity contribution in [2.75, 3.05) is 32.7 Å². The summed E-state index contributed by atoms with van der Waals surface area (Å²) in [6.07, 6.45) is -4.61. The summed E-state index contributed by atoms with van der Waals surface area (Å²) in [5.74, 6) is -0.0367. The molecule has 30 heavy (non-hydrogen) atoms. The molecule has 2 aromatic rings. The molecule has 2 heterocycles. The van der Waals surface area contributed by atoms with E-state index in [1.54, 1.807) is 0 Å². The fourth-order valence-corrected chi connectivity index (χ4v) is 5.00. The van der Waals surface area contributed by atoms with Gasteiger partial charge in [-0.25, -0.2) is 8.42 Å². The summed E-state index contributed by atoms with van der Waals surface area (Å²) >= 11 is 0. The number of sulfonamides is 1. The van der Waals surface area contributed by atoms with E-state index >= 15 is 0 Å². The van der Waals surface area contributed by atoms with Crippen LogP contribution in [0.15, 0.2) is 35.2 Å². The second kappa shape index (κ2) is 8.16. The third-order valence-electron chi connectivity index (χ3n) is 5.57. The zero-order chi connectivity index (χ0) is 22.3. The lowest BCUT2D eigenvalue weighted by Gasteiger charge is -2.33. The highest BCUT2D eigenvalue weighted by Gasteiger charge is 2.34. The minimum absolute atomic E-state index is 0.0367. The van der Waals surface area contributed by atoms with Crippen LogP contribution in [0.4, 0.5) is 13.2 Å². The van der Waals surface area contributed by atoms with Gasteiger partial charge >= 0.3 is 6.18 Å². The first-order valence-electron chi connectivity index (χ1n) is 9.47. The number of carbonyl (C=O) groups excluding carboxylic acids is 1. The number of Topliss-reactive ketones (excluding diaryl/α,β-unsaturated/α-hetero) is 1. The van der Waals surface area contributed by atoms with Gasteiger partial charge < -0.3 is 4.57 Å². The summed E-state index contributed by atoms with van der Waals surface area (Å²) in [4.78, 5) is 14.1. The maximum atomic E-state index is 12.9. The van der Waals surface area contributed by atoms with E-state index in [4.69, 9.17) is 0 Å². The van der Waals surface area contributed by atoms with Gasteiger partial charge in [-0.1, -0.05) is 6.07 Å². The Morgan fingerprint density at radius 3 is 2.23 bits per heavy atom. The lowest BCUT2D eigenvalue weighted by Crippen LogP contribution is -2.49. The summed E-state index contributed by atoms with van der Waals surface area (Å²) in [5, 5.41) is 0. The molecule has 6 nitrogen and oxygen atoms in total. The van der Waals surface area contributed by atoms with Crippen molar-refractivity contribution in [3.63, 3.8) is 0 Å². The van der Waals surface area contributed by atoms with E-state index in [-0.39, 0.29) is 30.3 Å². The van der Waals surface area contributed by atoms with E-state index in [0.717, 1.165) is 23.5 Å². The first-order chi connectivity index (χ1) is 13.9. The molecule has 0 saturated carbocycles. The number of hydrogen-bond donors (Lipinski definition) is 0. The molecule has 1 aliphatic rings. The monoisotopic (exact) mass is 443 g/mol. The van der Waals surface area contributed by atoms with E-state index in [9.17, 15) is 26.4 Å². The highest BCUT2D eigenvalue weighted by Crippen LogP contribution is 2.31. The number of ketones is 1. The third kappa shape index (κ3) is 4.45. The van der Waals surface area contributed by atoms with Crippen molar-refractivity contribution in [1.82, 2.24) is 13.8 Å².